The second kappa shape index (κ2) is 5.22. The average molecular weight is 313 g/mol. The van der Waals surface area contributed by atoms with Gasteiger partial charge < -0.3 is 9.73 Å². The molecule has 1 aliphatic rings. The Balaban J connectivity index is 1.83. The number of carbonyl (C=O) groups excluding carboxylic acids is 2. The van der Waals surface area contributed by atoms with Gasteiger partial charge in [-0.3, -0.25) is 9.69 Å². The Morgan fingerprint density at radius 3 is 2.61 bits per heavy atom. The zero-order valence-electron chi connectivity index (χ0n) is 13.6. The van der Waals surface area contributed by atoms with E-state index in [4.69, 9.17) is 4.42 Å². The third-order valence-corrected chi connectivity index (χ3v) is 3.93. The Hall–Kier alpha value is -2.63. The molecule has 3 amide bonds. The summed E-state index contributed by atoms with van der Waals surface area (Å²) in [5, 5.41) is 2.65. The Kier molecular flexibility index (Phi) is 3.47. The number of aryl methyl sites for hydroxylation is 2. The number of nitrogens with zero attached hydrogens (tertiary/aromatic N) is 2. The van der Waals surface area contributed by atoms with Crippen LogP contribution in [0.2, 0.25) is 0 Å². The third-order valence-electron chi connectivity index (χ3n) is 3.93. The van der Waals surface area contributed by atoms with E-state index < -0.39 is 11.6 Å². The summed E-state index contributed by atoms with van der Waals surface area (Å²) in [5.74, 6) is 0.224. The van der Waals surface area contributed by atoms with E-state index in [1.54, 1.807) is 13.8 Å². The van der Waals surface area contributed by atoms with Gasteiger partial charge in [0.05, 0.1) is 12.2 Å². The van der Waals surface area contributed by atoms with Crippen LogP contribution in [0.3, 0.4) is 0 Å². The predicted octanol–water partition coefficient (Wildman–Crippen LogP) is 2.79. The van der Waals surface area contributed by atoms with E-state index in [-0.39, 0.29) is 12.5 Å². The van der Waals surface area contributed by atoms with Crippen molar-refractivity contribution in [1.82, 2.24) is 15.2 Å². The van der Waals surface area contributed by atoms with Crippen LogP contribution in [0.25, 0.3) is 11.5 Å². The molecule has 6 nitrogen and oxygen atoms in total. The lowest BCUT2D eigenvalue weighted by Gasteiger charge is -2.14. The summed E-state index contributed by atoms with van der Waals surface area (Å²) in [6.45, 7) is 7.47. The van der Waals surface area contributed by atoms with Gasteiger partial charge in [-0.25, -0.2) is 9.78 Å². The minimum Gasteiger partial charge on any atom is -0.444 e. The highest BCUT2D eigenvalue weighted by Crippen LogP contribution is 2.25. The molecule has 1 saturated heterocycles. The number of rotatable bonds is 3. The summed E-state index contributed by atoms with van der Waals surface area (Å²) >= 11 is 0. The minimum absolute atomic E-state index is 0.0997. The second-order valence-electron chi connectivity index (χ2n) is 6.41. The van der Waals surface area contributed by atoms with Crippen LogP contribution in [0.1, 0.15) is 30.7 Å². The number of carbonyl (C=O) groups is 2. The molecule has 120 valence electrons. The molecule has 0 radical (unpaired) electrons. The molecule has 0 bridgehead atoms. The van der Waals surface area contributed by atoms with Crippen LogP contribution in [-0.4, -0.2) is 27.4 Å². The number of nitrogens with one attached hydrogen (secondary N) is 1. The third kappa shape index (κ3) is 2.72. The fraction of sp³-hybridized carbons (Fsp3) is 0.353. The largest absolute Gasteiger partial charge is 0.444 e. The maximum absolute atomic E-state index is 12.2. The zero-order chi connectivity index (χ0) is 16.8. The molecule has 0 unspecified atom stereocenters. The van der Waals surface area contributed by atoms with Crippen LogP contribution >= 0.6 is 0 Å². The van der Waals surface area contributed by atoms with Crippen molar-refractivity contribution in [2.75, 3.05) is 0 Å². The van der Waals surface area contributed by atoms with Crippen LogP contribution < -0.4 is 5.32 Å². The molecule has 0 spiro atoms. The number of benzene rings is 1. The van der Waals surface area contributed by atoms with E-state index in [0.29, 0.717) is 11.6 Å². The van der Waals surface area contributed by atoms with Crippen LogP contribution in [-0.2, 0) is 11.3 Å². The molecule has 0 saturated carbocycles. The average Bonchev–Trinajstić information content (AvgIpc) is 2.98. The molecule has 1 aromatic carbocycles. The number of oxazole rings is 1. The van der Waals surface area contributed by atoms with E-state index in [9.17, 15) is 9.59 Å². The van der Waals surface area contributed by atoms with Gasteiger partial charge in [-0.1, -0.05) is 17.7 Å². The molecule has 1 aliphatic heterocycles. The van der Waals surface area contributed by atoms with Crippen LogP contribution in [0.15, 0.2) is 28.9 Å². The molecule has 1 aromatic heterocycles. The molecule has 6 heteroatoms. The molecular weight excluding hydrogens is 294 g/mol. The van der Waals surface area contributed by atoms with E-state index in [0.717, 1.165) is 16.0 Å². The maximum atomic E-state index is 12.2. The Morgan fingerprint density at radius 1 is 1.26 bits per heavy atom. The molecule has 23 heavy (non-hydrogen) atoms. The van der Waals surface area contributed by atoms with Crippen LogP contribution in [0.4, 0.5) is 4.79 Å². The molecule has 2 aromatic rings. The lowest BCUT2D eigenvalue weighted by Crippen LogP contribution is -2.40. The van der Waals surface area contributed by atoms with Gasteiger partial charge in [-0.05, 0) is 39.3 Å². The summed E-state index contributed by atoms with van der Waals surface area (Å²) in [4.78, 5) is 29.7. The molecule has 1 fully saturated rings. The summed E-state index contributed by atoms with van der Waals surface area (Å²) in [7, 11) is 0. The SMILES string of the molecule is Cc1ccc(-c2nc(CN3C(=O)NC(C)(C)C3=O)co2)c(C)c1. The summed E-state index contributed by atoms with van der Waals surface area (Å²) in [6, 6.07) is 5.60. The predicted molar refractivity (Wildman–Crippen MR) is 84.6 cm³/mol. The van der Waals surface area contributed by atoms with E-state index in [2.05, 4.69) is 16.4 Å². The molecule has 3 rings (SSSR count). The number of hydrogen-bond donors (Lipinski definition) is 1. The van der Waals surface area contributed by atoms with E-state index in [1.165, 1.54) is 11.8 Å². The van der Waals surface area contributed by atoms with Gasteiger partial charge in [-0.2, -0.15) is 0 Å². The van der Waals surface area contributed by atoms with Crippen LogP contribution in [0, 0.1) is 13.8 Å². The van der Waals surface area contributed by atoms with Crippen molar-refractivity contribution >= 4 is 11.9 Å². The van der Waals surface area contributed by atoms with Crippen molar-refractivity contribution < 1.29 is 14.0 Å². The topological polar surface area (TPSA) is 75.4 Å². The fourth-order valence-electron chi connectivity index (χ4n) is 2.68. The van der Waals surface area contributed by atoms with Gasteiger partial charge in [0.15, 0.2) is 0 Å². The fourth-order valence-corrected chi connectivity index (χ4v) is 2.68. The van der Waals surface area contributed by atoms with E-state index in [1.807, 2.05) is 26.0 Å². The molecule has 1 N–H and O–H groups in total. The van der Waals surface area contributed by atoms with Crippen LogP contribution in [0.5, 0.6) is 0 Å². The van der Waals surface area contributed by atoms with Gasteiger partial charge in [-0.15, -0.1) is 0 Å². The first kappa shape index (κ1) is 15.3. The highest BCUT2D eigenvalue weighted by molar-refractivity contribution is 6.06. The molecule has 0 aliphatic carbocycles. The van der Waals surface area contributed by atoms with Gasteiger partial charge in [0, 0.05) is 5.56 Å². The normalized spacial score (nSPS) is 16.8. The lowest BCUT2D eigenvalue weighted by atomic mass is 10.1. The first-order chi connectivity index (χ1) is 10.8. The highest BCUT2D eigenvalue weighted by Gasteiger charge is 2.44. The number of hydrogen-bond acceptors (Lipinski definition) is 4. The molecular formula is C17H19N3O3. The number of amides is 3. The van der Waals surface area contributed by atoms with Gasteiger partial charge >= 0.3 is 6.03 Å². The van der Waals surface area contributed by atoms with Gasteiger partial charge in [0.25, 0.3) is 5.91 Å². The number of aromatic nitrogens is 1. The standard InChI is InChI=1S/C17H19N3O3/c1-10-5-6-13(11(2)7-10)14-18-12(9-23-14)8-20-15(21)17(3,4)19-16(20)22/h5-7,9H,8H2,1-4H3,(H,19,22). The van der Waals surface area contributed by atoms with Crippen molar-refractivity contribution in [3.63, 3.8) is 0 Å². The summed E-state index contributed by atoms with van der Waals surface area (Å²) in [6.07, 6.45) is 1.49. The van der Waals surface area contributed by atoms with Gasteiger partial charge in [0.1, 0.15) is 11.8 Å². The second-order valence-corrected chi connectivity index (χ2v) is 6.41. The van der Waals surface area contributed by atoms with Gasteiger partial charge in [0.2, 0.25) is 5.89 Å². The first-order valence-corrected chi connectivity index (χ1v) is 7.44. The van der Waals surface area contributed by atoms with Crippen molar-refractivity contribution in [1.29, 1.82) is 0 Å². The molecule has 2 heterocycles. The zero-order valence-corrected chi connectivity index (χ0v) is 13.6. The quantitative estimate of drug-likeness (QED) is 0.884. The maximum Gasteiger partial charge on any atom is 0.325 e. The number of urea groups is 1. The Morgan fingerprint density at radius 2 is 2.00 bits per heavy atom. The summed E-state index contributed by atoms with van der Waals surface area (Å²) in [5.41, 5.74) is 2.80. The smallest absolute Gasteiger partial charge is 0.325 e. The molecule has 0 atom stereocenters. The van der Waals surface area contributed by atoms with Crippen molar-refractivity contribution in [3.05, 3.63) is 41.3 Å². The van der Waals surface area contributed by atoms with E-state index >= 15 is 0 Å². The monoisotopic (exact) mass is 313 g/mol. The Labute approximate surface area is 134 Å². The minimum atomic E-state index is -0.878. The first-order valence-electron chi connectivity index (χ1n) is 7.44. The van der Waals surface area contributed by atoms with Crippen molar-refractivity contribution in [2.45, 2.75) is 39.8 Å². The Bertz CT molecular complexity index is 792. The van der Waals surface area contributed by atoms with Crippen molar-refractivity contribution in [3.8, 4) is 11.5 Å². The lowest BCUT2D eigenvalue weighted by molar-refractivity contribution is -0.130. The number of imide groups is 1. The summed E-state index contributed by atoms with van der Waals surface area (Å²) < 4.78 is 5.52. The highest BCUT2D eigenvalue weighted by atomic mass is 16.3. The van der Waals surface area contributed by atoms with Crippen molar-refractivity contribution in [2.24, 2.45) is 0 Å².